The number of hydrogen-bond acceptors (Lipinski definition) is 2. The minimum absolute atomic E-state index is 0.130. The molecule has 0 aromatic heterocycles. The fourth-order valence-corrected chi connectivity index (χ4v) is 4.60. The Kier molecular flexibility index (Phi) is 4.75. The Morgan fingerprint density at radius 3 is 2.00 bits per heavy atom. The van der Waals surface area contributed by atoms with Crippen molar-refractivity contribution in [1.82, 2.24) is 5.32 Å². The largest absolute Gasteiger partial charge is 0.480 e. The van der Waals surface area contributed by atoms with E-state index in [9.17, 15) is 14.7 Å². The van der Waals surface area contributed by atoms with E-state index in [1.165, 1.54) is 0 Å². The summed E-state index contributed by atoms with van der Waals surface area (Å²) in [6.07, 6.45) is 0.130. The van der Waals surface area contributed by atoms with Gasteiger partial charge in [0, 0.05) is 5.92 Å². The molecule has 0 heterocycles. The molecule has 5 rings (SSSR count). The van der Waals surface area contributed by atoms with Crippen LogP contribution in [0.4, 0.5) is 0 Å². The highest BCUT2D eigenvalue weighted by atomic mass is 16.4. The summed E-state index contributed by atoms with van der Waals surface area (Å²) < 4.78 is 0. The molecule has 0 bridgehead atoms. The van der Waals surface area contributed by atoms with E-state index >= 15 is 0 Å². The van der Waals surface area contributed by atoms with Gasteiger partial charge in [-0.2, -0.15) is 0 Å². The number of nitrogens with one attached hydrogen (secondary N) is 1. The van der Waals surface area contributed by atoms with Crippen LogP contribution in [0, 0.1) is 0 Å². The first-order valence-corrected chi connectivity index (χ1v) is 10.3. The van der Waals surface area contributed by atoms with Crippen LogP contribution >= 0.6 is 0 Å². The summed E-state index contributed by atoms with van der Waals surface area (Å²) in [6.45, 7) is 0. The molecule has 1 atom stereocenters. The Morgan fingerprint density at radius 2 is 1.35 bits per heavy atom. The molecule has 4 nitrogen and oxygen atoms in total. The van der Waals surface area contributed by atoms with E-state index in [1.807, 2.05) is 91.0 Å². The molecule has 4 aromatic rings. The van der Waals surface area contributed by atoms with Crippen molar-refractivity contribution in [3.05, 3.63) is 108 Å². The van der Waals surface area contributed by atoms with Crippen molar-refractivity contribution in [2.24, 2.45) is 0 Å². The predicted molar refractivity (Wildman–Crippen MR) is 121 cm³/mol. The summed E-state index contributed by atoms with van der Waals surface area (Å²) in [6, 6.07) is 28.4. The summed E-state index contributed by atoms with van der Waals surface area (Å²) in [5, 5.41) is 15.0. The van der Waals surface area contributed by atoms with Gasteiger partial charge >= 0.3 is 5.97 Å². The van der Waals surface area contributed by atoms with E-state index in [2.05, 4.69) is 5.32 Å². The lowest BCUT2D eigenvalue weighted by Gasteiger charge is -2.23. The van der Waals surface area contributed by atoms with E-state index in [0.29, 0.717) is 0 Å². The molecule has 0 unspecified atom stereocenters. The van der Waals surface area contributed by atoms with Crippen LogP contribution in [-0.2, 0) is 16.0 Å². The van der Waals surface area contributed by atoms with Gasteiger partial charge in [-0.25, -0.2) is 4.79 Å². The second kappa shape index (κ2) is 7.73. The van der Waals surface area contributed by atoms with E-state index < -0.39 is 17.9 Å². The zero-order valence-electron chi connectivity index (χ0n) is 16.8. The summed E-state index contributed by atoms with van der Waals surface area (Å²) >= 11 is 0. The zero-order chi connectivity index (χ0) is 21.4. The van der Waals surface area contributed by atoms with Gasteiger partial charge in [0.15, 0.2) is 0 Å². The highest BCUT2D eigenvalue weighted by Gasteiger charge is 2.38. The maximum absolute atomic E-state index is 12.9. The normalized spacial score (nSPS) is 13.4. The molecule has 0 saturated heterocycles. The first-order chi connectivity index (χ1) is 15.1. The first-order valence-electron chi connectivity index (χ1n) is 10.3. The van der Waals surface area contributed by atoms with E-state index in [4.69, 9.17) is 0 Å². The van der Waals surface area contributed by atoms with E-state index in [0.717, 1.165) is 38.6 Å². The number of carboxylic acids is 1. The average Bonchev–Trinajstić information content (AvgIpc) is 3.11. The van der Waals surface area contributed by atoms with Crippen molar-refractivity contribution >= 4 is 22.6 Å². The van der Waals surface area contributed by atoms with Crippen LogP contribution in [-0.4, -0.2) is 23.0 Å². The molecule has 4 aromatic carbocycles. The molecule has 2 N–H and O–H groups in total. The third kappa shape index (κ3) is 3.46. The van der Waals surface area contributed by atoms with Crippen molar-refractivity contribution in [3.63, 3.8) is 0 Å². The van der Waals surface area contributed by atoms with Crippen LogP contribution < -0.4 is 5.32 Å². The Labute approximate surface area is 180 Å². The second-order valence-corrected chi connectivity index (χ2v) is 7.89. The lowest BCUT2D eigenvalue weighted by atomic mass is 9.89. The van der Waals surface area contributed by atoms with Crippen LogP contribution in [0.2, 0.25) is 0 Å². The number of rotatable bonds is 5. The maximum Gasteiger partial charge on any atom is 0.327 e. The number of carbonyl (C=O) groups excluding carboxylic acids is 1. The predicted octanol–water partition coefficient (Wildman–Crippen LogP) is 4.76. The van der Waals surface area contributed by atoms with Crippen LogP contribution in [0.15, 0.2) is 91.0 Å². The maximum atomic E-state index is 12.9. The number of benzene rings is 4. The summed E-state index contributed by atoms with van der Waals surface area (Å²) in [7, 11) is 0. The van der Waals surface area contributed by atoms with Crippen molar-refractivity contribution < 1.29 is 14.7 Å². The van der Waals surface area contributed by atoms with Crippen molar-refractivity contribution in [3.8, 4) is 11.1 Å². The molecular weight excluding hydrogens is 386 g/mol. The Bertz CT molecular complexity index is 1270. The van der Waals surface area contributed by atoms with Gasteiger partial charge in [-0.15, -0.1) is 0 Å². The van der Waals surface area contributed by atoms with Gasteiger partial charge in [0.1, 0.15) is 6.04 Å². The third-order valence-corrected chi connectivity index (χ3v) is 5.98. The number of carbonyl (C=O) groups is 2. The third-order valence-electron chi connectivity index (χ3n) is 5.98. The fraction of sp³-hybridized carbons (Fsp3) is 0.111. The molecule has 0 saturated carbocycles. The topological polar surface area (TPSA) is 66.4 Å². The molecule has 0 fully saturated rings. The molecule has 0 spiro atoms. The van der Waals surface area contributed by atoms with Gasteiger partial charge in [0.05, 0.1) is 6.42 Å². The Hall–Kier alpha value is -3.92. The monoisotopic (exact) mass is 407 g/mol. The molecular formula is C27H21NO3. The van der Waals surface area contributed by atoms with Crippen LogP contribution in [0.5, 0.6) is 0 Å². The van der Waals surface area contributed by atoms with Gasteiger partial charge in [-0.3, -0.25) is 4.79 Å². The Balaban J connectivity index is 1.44. The smallest absolute Gasteiger partial charge is 0.327 e. The van der Waals surface area contributed by atoms with Gasteiger partial charge in [-0.1, -0.05) is 91.0 Å². The quantitative estimate of drug-likeness (QED) is 0.501. The highest BCUT2D eigenvalue weighted by molar-refractivity contribution is 5.90. The first kappa shape index (κ1) is 19.1. The lowest BCUT2D eigenvalue weighted by molar-refractivity contribution is -0.142. The van der Waals surface area contributed by atoms with Gasteiger partial charge in [-0.05, 0) is 38.6 Å². The van der Waals surface area contributed by atoms with Crippen molar-refractivity contribution in [1.29, 1.82) is 0 Å². The average molecular weight is 407 g/mol. The van der Waals surface area contributed by atoms with Gasteiger partial charge in [0.25, 0.3) is 0 Å². The number of aliphatic carboxylic acids is 1. The summed E-state index contributed by atoms with van der Waals surface area (Å²) in [5.41, 5.74) is 4.77. The van der Waals surface area contributed by atoms with E-state index in [1.54, 1.807) is 0 Å². The molecule has 1 amide bonds. The standard InChI is InChI=1S/C27H21NO3/c29-24(16-17-13-14-18-7-1-2-8-19(18)15-17)28-26(27(30)31)25-22-11-5-3-9-20(22)21-10-4-6-12-23(21)25/h1-15,25-26H,16H2,(H,28,29)(H,30,31)/t26-/m1/s1. The molecule has 0 radical (unpaired) electrons. The minimum atomic E-state index is -1.04. The highest BCUT2D eigenvalue weighted by Crippen LogP contribution is 2.46. The lowest BCUT2D eigenvalue weighted by Crippen LogP contribution is -2.45. The molecule has 1 aliphatic carbocycles. The van der Waals surface area contributed by atoms with Crippen molar-refractivity contribution in [2.75, 3.05) is 0 Å². The number of fused-ring (bicyclic) bond motifs is 4. The number of carboxylic acid groups (broad SMARTS) is 1. The summed E-state index contributed by atoms with van der Waals surface area (Å²) in [5.74, 6) is -1.77. The minimum Gasteiger partial charge on any atom is -0.480 e. The van der Waals surface area contributed by atoms with E-state index in [-0.39, 0.29) is 12.3 Å². The zero-order valence-corrected chi connectivity index (χ0v) is 16.8. The SMILES string of the molecule is O=C(Cc1ccc2ccccc2c1)N[C@@H](C(=O)O)C1c2ccccc2-c2ccccc21. The van der Waals surface area contributed by atoms with Gasteiger partial charge < -0.3 is 10.4 Å². The molecule has 4 heteroatoms. The molecule has 0 aliphatic heterocycles. The van der Waals surface area contributed by atoms with Crippen LogP contribution in [0.25, 0.3) is 21.9 Å². The molecule has 152 valence electrons. The summed E-state index contributed by atoms with van der Waals surface area (Å²) in [4.78, 5) is 25.1. The Morgan fingerprint density at radius 1 is 0.774 bits per heavy atom. The molecule has 1 aliphatic rings. The van der Waals surface area contributed by atoms with Crippen molar-refractivity contribution in [2.45, 2.75) is 18.4 Å². The number of amides is 1. The molecule has 31 heavy (non-hydrogen) atoms. The number of hydrogen-bond donors (Lipinski definition) is 2. The van der Waals surface area contributed by atoms with Crippen LogP contribution in [0.3, 0.4) is 0 Å². The van der Waals surface area contributed by atoms with Gasteiger partial charge in [0.2, 0.25) is 5.91 Å². The van der Waals surface area contributed by atoms with Crippen LogP contribution in [0.1, 0.15) is 22.6 Å². The fourth-order valence-electron chi connectivity index (χ4n) is 4.60. The second-order valence-electron chi connectivity index (χ2n) is 7.89.